The summed E-state index contributed by atoms with van der Waals surface area (Å²) in [6, 6.07) is 0.476. The molecule has 0 bridgehead atoms. The fraction of sp³-hybridized carbons (Fsp3) is 1.00. The molecule has 102 valence electrons. The molecule has 0 aromatic heterocycles. The maximum absolute atomic E-state index is 9.49. The maximum Gasteiger partial charge on any atom is 0.0639 e. The lowest BCUT2D eigenvalue weighted by molar-refractivity contribution is -0.00743. The predicted octanol–water partition coefficient (Wildman–Crippen LogP) is 2.47. The number of likely N-dealkylation sites (N-methyl/N-ethyl adjacent to an activating group) is 1. The fourth-order valence-corrected chi connectivity index (χ4v) is 3.22. The summed E-state index contributed by atoms with van der Waals surface area (Å²) in [6.07, 6.45) is 1.78. The van der Waals surface area contributed by atoms with Crippen molar-refractivity contribution in [1.82, 2.24) is 9.32 Å². The number of hydrogen-bond acceptors (Lipinski definition) is 3. The van der Waals surface area contributed by atoms with Gasteiger partial charge in [-0.15, -0.1) is 0 Å². The van der Waals surface area contributed by atoms with E-state index in [0.29, 0.717) is 6.04 Å². The Balaban J connectivity index is 2.77. The van der Waals surface area contributed by atoms with Gasteiger partial charge in [0.05, 0.1) is 6.10 Å². The van der Waals surface area contributed by atoms with Crippen molar-refractivity contribution >= 4 is 11.8 Å². The first-order valence-electron chi connectivity index (χ1n) is 6.41. The van der Waals surface area contributed by atoms with Crippen LogP contribution in [0.15, 0.2) is 0 Å². The van der Waals surface area contributed by atoms with Crippen LogP contribution in [0.4, 0.5) is 0 Å². The largest absolute Gasteiger partial charge is 0.392 e. The van der Waals surface area contributed by atoms with E-state index >= 15 is 0 Å². The van der Waals surface area contributed by atoms with Gasteiger partial charge < -0.3 is 10.0 Å². The lowest BCUT2D eigenvalue weighted by Gasteiger charge is -2.53. The quantitative estimate of drug-likeness (QED) is 0.792. The summed E-state index contributed by atoms with van der Waals surface area (Å²) >= 11 is 6.44. The average molecular weight is 263 g/mol. The van der Waals surface area contributed by atoms with Crippen LogP contribution in [-0.4, -0.2) is 51.2 Å². The van der Waals surface area contributed by atoms with Crippen LogP contribution in [0.5, 0.6) is 0 Å². The summed E-state index contributed by atoms with van der Waals surface area (Å²) in [5, 5.41) is 9.49. The summed E-state index contributed by atoms with van der Waals surface area (Å²) < 4.78 is 1.96. The molecule has 1 aliphatic heterocycles. The number of hydrogen-bond donors (Lipinski definition) is 1. The molecular weight excluding hydrogens is 236 g/mol. The Bertz CT molecular complexity index is 248. The molecule has 0 aromatic carbocycles. The zero-order chi connectivity index (χ0) is 13.4. The van der Waals surface area contributed by atoms with Gasteiger partial charge in [-0.1, -0.05) is 0 Å². The molecule has 1 heterocycles. The molecule has 1 aliphatic rings. The second-order valence-electron chi connectivity index (χ2n) is 6.76. The number of nitrogens with zero attached hydrogens (tertiary/aromatic N) is 2. The molecule has 0 saturated carbocycles. The average Bonchev–Trinajstić information content (AvgIpc) is 2.11. The number of aliphatic hydroxyl groups excluding tert-OH is 1. The molecule has 1 rings (SSSR count). The first kappa shape index (κ1) is 15.2. The molecule has 0 radical (unpaired) electrons. The molecule has 0 aliphatic carbocycles. The van der Waals surface area contributed by atoms with Crippen molar-refractivity contribution in [3.63, 3.8) is 0 Å². The van der Waals surface area contributed by atoms with Gasteiger partial charge in [-0.25, -0.2) is 4.42 Å². The van der Waals surface area contributed by atoms with Gasteiger partial charge in [0.2, 0.25) is 0 Å². The molecule has 0 spiro atoms. The van der Waals surface area contributed by atoms with Gasteiger partial charge in [0.15, 0.2) is 0 Å². The van der Waals surface area contributed by atoms with E-state index in [1.54, 1.807) is 0 Å². The van der Waals surface area contributed by atoms with Crippen LogP contribution in [0.25, 0.3) is 0 Å². The Morgan fingerprint density at radius 2 is 1.71 bits per heavy atom. The lowest BCUT2D eigenvalue weighted by atomic mass is 9.79. The van der Waals surface area contributed by atoms with E-state index in [2.05, 4.69) is 39.6 Å². The van der Waals surface area contributed by atoms with Crippen molar-refractivity contribution in [3.8, 4) is 0 Å². The third kappa shape index (κ3) is 3.57. The van der Waals surface area contributed by atoms with Crippen molar-refractivity contribution in [3.05, 3.63) is 0 Å². The van der Waals surface area contributed by atoms with Crippen LogP contribution in [0.2, 0.25) is 0 Å². The maximum atomic E-state index is 9.49. The number of rotatable bonds is 3. The highest BCUT2D eigenvalue weighted by atomic mass is 35.5. The summed E-state index contributed by atoms with van der Waals surface area (Å²) in [5.41, 5.74) is -0.0259. The van der Waals surface area contributed by atoms with Crippen molar-refractivity contribution in [2.45, 2.75) is 70.7 Å². The standard InChI is InChI=1S/C13H27ClN2O/c1-10(17)9-15(6)11-7-12(2,3)16(14)13(4,5)8-11/h10-11,17H,7-9H2,1-6H3. The van der Waals surface area contributed by atoms with Gasteiger partial charge in [-0.05, 0) is 66.3 Å². The molecule has 0 aromatic rings. The van der Waals surface area contributed by atoms with Gasteiger partial charge in [0, 0.05) is 23.7 Å². The second kappa shape index (κ2) is 5.04. The van der Waals surface area contributed by atoms with E-state index in [1.165, 1.54) is 0 Å². The summed E-state index contributed by atoms with van der Waals surface area (Å²) in [5.74, 6) is 0. The molecule has 1 atom stereocenters. The van der Waals surface area contributed by atoms with Crippen molar-refractivity contribution < 1.29 is 5.11 Å². The Morgan fingerprint density at radius 1 is 1.29 bits per heavy atom. The van der Waals surface area contributed by atoms with Crippen LogP contribution in [0.3, 0.4) is 0 Å². The highest BCUT2D eigenvalue weighted by Crippen LogP contribution is 2.41. The molecule has 1 unspecified atom stereocenters. The highest BCUT2D eigenvalue weighted by molar-refractivity contribution is 6.14. The van der Waals surface area contributed by atoms with Crippen molar-refractivity contribution in [2.24, 2.45) is 0 Å². The van der Waals surface area contributed by atoms with Gasteiger partial charge >= 0.3 is 0 Å². The van der Waals surface area contributed by atoms with Crippen LogP contribution >= 0.6 is 11.8 Å². The third-order valence-electron chi connectivity index (χ3n) is 3.71. The van der Waals surface area contributed by atoms with E-state index in [-0.39, 0.29) is 17.2 Å². The summed E-state index contributed by atoms with van der Waals surface area (Å²) in [6.45, 7) is 11.3. The highest BCUT2D eigenvalue weighted by Gasteiger charge is 2.45. The monoisotopic (exact) mass is 262 g/mol. The number of aliphatic hydroxyl groups is 1. The predicted molar refractivity (Wildman–Crippen MR) is 73.2 cm³/mol. The first-order chi connectivity index (χ1) is 7.56. The molecule has 1 saturated heterocycles. The molecular formula is C13H27ClN2O. The Labute approximate surface area is 111 Å². The van der Waals surface area contributed by atoms with E-state index in [9.17, 15) is 5.11 Å². The Morgan fingerprint density at radius 3 is 2.06 bits per heavy atom. The van der Waals surface area contributed by atoms with Crippen LogP contribution in [0, 0.1) is 0 Å². The number of halogens is 1. The zero-order valence-electron chi connectivity index (χ0n) is 12.0. The van der Waals surface area contributed by atoms with Gasteiger partial charge in [0.1, 0.15) is 0 Å². The topological polar surface area (TPSA) is 26.7 Å². The zero-order valence-corrected chi connectivity index (χ0v) is 12.8. The lowest BCUT2D eigenvalue weighted by Crippen LogP contribution is -2.60. The van der Waals surface area contributed by atoms with Crippen LogP contribution < -0.4 is 0 Å². The third-order valence-corrected chi connectivity index (χ3v) is 4.62. The normalized spacial score (nSPS) is 27.4. The molecule has 17 heavy (non-hydrogen) atoms. The van der Waals surface area contributed by atoms with Crippen molar-refractivity contribution in [1.29, 1.82) is 0 Å². The van der Waals surface area contributed by atoms with E-state index in [4.69, 9.17) is 11.8 Å². The van der Waals surface area contributed by atoms with E-state index < -0.39 is 0 Å². The molecule has 4 heteroatoms. The van der Waals surface area contributed by atoms with Gasteiger partial charge in [0.25, 0.3) is 0 Å². The fourth-order valence-electron chi connectivity index (χ4n) is 3.08. The molecule has 1 N–H and O–H groups in total. The molecule has 0 amide bonds. The Hall–Kier alpha value is 0.170. The Kier molecular flexibility index (Phi) is 4.52. The minimum absolute atomic E-state index is 0.0130. The van der Waals surface area contributed by atoms with Crippen LogP contribution in [-0.2, 0) is 0 Å². The summed E-state index contributed by atoms with van der Waals surface area (Å²) in [7, 11) is 2.09. The SMILES string of the molecule is CC(O)CN(C)C1CC(C)(C)N(Cl)C(C)(C)C1. The molecule has 3 nitrogen and oxygen atoms in total. The smallest absolute Gasteiger partial charge is 0.0639 e. The minimum atomic E-state index is -0.278. The second-order valence-corrected chi connectivity index (χ2v) is 7.09. The van der Waals surface area contributed by atoms with Crippen molar-refractivity contribution in [2.75, 3.05) is 13.6 Å². The van der Waals surface area contributed by atoms with E-state index in [0.717, 1.165) is 19.4 Å². The number of piperidine rings is 1. The summed E-state index contributed by atoms with van der Waals surface area (Å²) in [4.78, 5) is 2.26. The first-order valence-corrected chi connectivity index (χ1v) is 6.74. The van der Waals surface area contributed by atoms with Gasteiger partial charge in [-0.2, -0.15) is 0 Å². The molecule has 1 fully saturated rings. The van der Waals surface area contributed by atoms with Gasteiger partial charge in [-0.3, -0.25) is 0 Å². The minimum Gasteiger partial charge on any atom is -0.392 e. The van der Waals surface area contributed by atoms with E-state index in [1.807, 2.05) is 11.3 Å². The van der Waals surface area contributed by atoms with Crippen LogP contribution in [0.1, 0.15) is 47.5 Å².